The van der Waals surface area contributed by atoms with Gasteiger partial charge >= 0.3 is 0 Å². The van der Waals surface area contributed by atoms with Gasteiger partial charge in [-0.3, -0.25) is 11.3 Å². The van der Waals surface area contributed by atoms with E-state index in [1.54, 1.807) is 0 Å². The van der Waals surface area contributed by atoms with Crippen LogP contribution in [-0.2, 0) is 0 Å². The third-order valence-electron chi connectivity index (χ3n) is 5.77. The summed E-state index contributed by atoms with van der Waals surface area (Å²) in [6, 6.07) is 0.555. The maximum absolute atomic E-state index is 5.90. The third kappa shape index (κ3) is 7.15. The van der Waals surface area contributed by atoms with Crippen molar-refractivity contribution in [1.82, 2.24) is 5.43 Å². The maximum atomic E-state index is 5.90. The summed E-state index contributed by atoms with van der Waals surface area (Å²) in [7, 11) is 0. The van der Waals surface area contributed by atoms with Gasteiger partial charge in [0, 0.05) is 6.04 Å². The summed E-state index contributed by atoms with van der Waals surface area (Å²) in [4.78, 5) is 0. The van der Waals surface area contributed by atoms with Gasteiger partial charge in [0.05, 0.1) is 0 Å². The van der Waals surface area contributed by atoms with Crippen molar-refractivity contribution in [3.8, 4) is 0 Å². The summed E-state index contributed by atoms with van der Waals surface area (Å²) in [6.07, 6.45) is 16.6. The largest absolute Gasteiger partial charge is 0.271 e. The Morgan fingerprint density at radius 2 is 1.67 bits per heavy atom. The molecule has 0 radical (unpaired) electrons. The standard InChI is InChI=1S/C19H40N2/c1-4-7-9-16(6-3)15-19(21-20)18-13-11-17(12-14-18)10-8-5-2/h16-19,21H,4-15,20H2,1-3H3. The van der Waals surface area contributed by atoms with Gasteiger partial charge in [-0.1, -0.05) is 78.6 Å². The third-order valence-corrected chi connectivity index (χ3v) is 5.77. The van der Waals surface area contributed by atoms with Crippen LogP contribution in [0.5, 0.6) is 0 Å². The highest BCUT2D eigenvalue weighted by Crippen LogP contribution is 2.35. The molecule has 2 nitrogen and oxygen atoms in total. The molecule has 0 aliphatic heterocycles. The van der Waals surface area contributed by atoms with E-state index >= 15 is 0 Å². The van der Waals surface area contributed by atoms with Crippen LogP contribution in [0.1, 0.15) is 97.8 Å². The summed E-state index contributed by atoms with van der Waals surface area (Å²) >= 11 is 0. The fraction of sp³-hybridized carbons (Fsp3) is 1.00. The molecule has 1 aliphatic rings. The SMILES string of the molecule is CCCCC1CCC(C(CC(CC)CCCC)NN)CC1. The van der Waals surface area contributed by atoms with Gasteiger partial charge in [0.25, 0.3) is 0 Å². The lowest BCUT2D eigenvalue weighted by atomic mass is 9.74. The zero-order valence-electron chi connectivity index (χ0n) is 14.9. The number of nitrogens with two attached hydrogens (primary N) is 1. The van der Waals surface area contributed by atoms with Crippen LogP contribution >= 0.6 is 0 Å². The van der Waals surface area contributed by atoms with Crippen LogP contribution in [0.15, 0.2) is 0 Å². The van der Waals surface area contributed by atoms with Crippen molar-refractivity contribution in [2.45, 2.75) is 104 Å². The van der Waals surface area contributed by atoms with E-state index in [-0.39, 0.29) is 0 Å². The minimum atomic E-state index is 0.555. The van der Waals surface area contributed by atoms with Gasteiger partial charge in [-0.05, 0) is 37.0 Å². The topological polar surface area (TPSA) is 38.0 Å². The second-order valence-electron chi connectivity index (χ2n) is 7.35. The van der Waals surface area contributed by atoms with Crippen LogP contribution in [0.25, 0.3) is 0 Å². The number of hydrogen-bond donors (Lipinski definition) is 2. The fourth-order valence-electron chi connectivity index (χ4n) is 4.11. The highest BCUT2D eigenvalue weighted by Gasteiger charge is 2.28. The molecular formula is C19H40N2. The Hall–Kier alpha value is -0.0800. The summed E-state index contributed by atoms with van der Waals surface area (Å²) in [5.41, 5.74) is 3.17. The lowest BCUT2D eigenvalue weighted by Gasteiger charge is -2.35. The monoisotopic (exact) mass is 296 g/mol. The Bertz CT molecular complexity index is 234. The van der Waals surface area contributed by atoms with Crippen molar-refractivity contribution in [3.63, 3.8) is 0 Å². The molecule has 3 N–H and O–H groups in total. The lowest BCUT2D eigenvalue weighted by Crippen LogP contribution is -2.43. The van der Waals surface area contributed by atoms with E-state index in [1.165, 1.54) is 77.0 Å². The van der Waals surface area contributed by atoms with Crippen LogP contribution in [0, 0.1) is 17.8 Å². The van der Waals surface area contributed by atoms with Gasteiger partial charge in [-0.2, -0.15) is 0 Å². The molecule has 21 heavy (non-hydrogen) atoms. The second-order valence-corrected chi connectivity index (χ2v) is 7.35. The number of rotatable bonds is 11. The van der Waals surface area contributed by atoms with Gasteiger partial charge in [-0.25, -0.2) is 0 Å². The fourth-order valence-corrected chi connectivity index (χ4v) is 4.11. The molecule has 1 saturated carbocycles. The number of hydrogen-bond acceptors (Lipinski definition) is 2. The van der Waals surface area contributed by atoms with Crippen molar-refractivity contribution < 1.29 is 0 Å². The first-order valence-electron chi connectivity index (χ1n) is 9.71. The number of nitrogens with one attached hydrogen (secondary N) is 1. The van der Waals surface area contributed by atoms with Crippen LogP contribution < -0.4 is 11.3 Å². The maximum Gasteiger partial charge on any atom is 0.0241 e. The molecule has 0 aromatic rings. The molecule has 2 unspecified atom stereocenters. The molecule has 0 amide bonds. The molecule has 0 aromatic carbocycles. The predicted molar refractivity (Wildman–Crippen MR) is 94.0 cm³/mol. The minimum absolute atomic E-state index is 0.555. The van der Waals surface area contributed by atoms with Crippen molar-refractivity contribution in [1.29, 1.82) is 0 Å². The molecule has 0 aromatic heterocycles. The van der Waals surface area contributed by atoms with E-state index in [1.807, 2.05) is 0 Å². The molecule has 0 saturated heterocycles. The second kappa shape index (κ2) is 11.5. The first-order chi connectivity index (χ1) is 10.2. The Labute approximate surface area is 133 Å². The molecule has 1 rings (SSSR count). The first-order valence-corrected chi connectivity index (χ1v) is 9.71. The van der Waals surface area contributed by atoms with E-state index < -0.39 is 0 Å². The van der Waals surface area contributed by atoms with E-state index in [4.69, 9.17) is 5.84 Å². The van der Waals surface area contributed by atoms with E-state index in [0.29, 0.717) is 6.04 Å². The summed E-state index contributed by atoms with van der Waals surface area (Å²) < 4.78 is 0. The molecule has 2 atom stereocenters. The van der Waals surface area contributed by atoms with Crippen molar-refractivity contribution >= 4 is 0 Å². The molecule has 126 valence electrons. The Balaban J connectivity index is 2.35. The molecular weight excluding hydrogens is 256 g/mol. The van der Waals surface area contributed by atoms with E-state index in [2.05, 4.69) is 26.2 Å². The van der Waals surface area contributed by atoms with Crippen LogP contribution in [0.4, 0.5) is 0 Å². The van der Waals surface area contributed by atoms with Crippen LogP contribution in [0.2, 0.25) is 0 Å². The van der Waals surface area contributed by atoms with Crippen molar-refractivity contribution in [2.24, 2.45) is 23.6 Å². The van der Waals surface area contributed by atoms with Gasteiger partial charge in [-0.15, -0.1) is 0 Å². The molecule has 1 fully saturated rings. The Kier molecular flexibility index (Phi) is 10.4. The van der Waals surface area contributed by atoms with E-state index in [0.717, 1.165) is 17.8 Å². The predicted octanol–water partition coefficient (Wildman–Crippen LogP) is 5.42. The van der Waals surface area contributed by atoms with E-state index in [9.17, 15) is 0 Å². The summed E-state index contributed by atoms with van der Waals surface area (Å²) in [5.74, 6) is 8.59. The quantitative estimate of drug-likeness (QED) is 0.394. The molecule has 1 aliphatic carbocycles. The van der Waals surface area contributed by atoms with Gasteiger partial charge in [0.2, 0.25) is 0 Å². The van der Waals surface area contributed by atoms with Gasteiger partial charge in [0.15, 0.2) is 0 Å². The highest BCUT2D eigenvalue weighted by atomic mass is 15.2. The number of hydrazine groups is 1. The lowest BCUT2D eigenvalue weighted by molar-refractivity contribution is 0.188. The highest BCUT2D eigenvalue weighted by molar-refractivity contribution is 4.82. The zero-order valence-corrected chi connectivity index (χ0v) is 14.9. The van der Waals surface area contributed by atoms with Crippen LogP contribution in [0.3, 0.4) is 0 Å². The normalized spacial score (nSPS) is 25.7. The molecule has 0 heterocycles. The van der Waals surface area contributed by atoms with Gasteiger partial charge < -0.3 is 0 Å². The van der Waals surface area contributed by atoms with Crippen LogP contribution in [-0.4, -0.2) is 6.04 Å². The molecule has 2 heteroatoms. The summed E-state index contributed by atoms with van der Waals surface area (Å²) in [6.45, 7) is 6.94. The Morgan fingerprint density at radius 1 is 1.00 bits per heavy atom. The average Bonchev–Trinajstić information content (AvgIpc) is 2.54. The van der Waals surface area contributed by atoms with Crippen molar-refractivity contribution in [2.75, 3.05) is 0 Å². The first kappa shape index (κ1) is 19.0. The average molecular weight is 297 g/mol. The Morgan fingerprint density at radius 3 is 2.19 bits per heavy atom. The smallest absolute Gasteiger partial charge is 0.0241 e. The summed E-state index contributed by atoms with van der Waals surface area (Å²) in [5, 5.41) is 0. The number of unbranched alkanes of at least 4 members (excludes halogenated alkanes) is 2. The minimum Gasteiger partial charge on any atom is -0.271 e. The zero-order chi connectivity index (χ0) is 15.5. The molecule has 0 bridgehead atoms. The van der Waals surface area contributed by atoms with Crippen molar-refractivity contribution in [3.05, 3.63) is 0 Å². The van der Waals surface area contributed by atoms with Gasteiger partial charge in [0.1, 0.15) is 0 Å². The molecule has 0 spiro atoms.